The molecule has 1 amide bonds. The Hall–Kier alpha value is -2.78. The number of benzene rings is 1. The maximum atomic E-state index is 12.9. The van der Waals surface area contributed by atoms with Crippen molar-refractivity contribution in [1.82, 2.24) is 4.90 Å². The molecule has 2 aliphatic heterocycles. The monoisotopic (exact) mass is 446 g/mol. The van der Waals surface area contributed by atoms with Gasteiger partial charge in [-0.05, 0) is 51.3 Å². The Morgan fingerprint density at radius 3 is 2.58 bits per heavy atom. The van der Waals surface area contributed by atoms with Crippen molar-refractivity contribution in [3.63, 3.8) is 0 Å². The molecule has 0 bridgehead atoms. The molecule has 1 fully saturated rings. The summed E-state index contributed by atoms with van der Waals surface area (Å²) in [7, 11) is 0. The first-order chi connectivity index (χ1) is 14.4. The van der Waals surface area contributed by atoms with Gasteiger partial charge in [0.2, 0.25) is 12.7 Å². The highest BCUT2D eigenvalue weighted by atomic mass is 32.1. The molecule has 8 nitrogen and oxygen atoms in total. The van der Waals surface area contributed by atoms with Crippen LogP contribution in [0.1, 0.15) is 45.2 Å². The fourth-order valence-corrected chi connectivity index (χ4v) is 3.93. The third kappa shape index (κ3) is 4.33. The highest BCUT2D eigenvalue weighted by Gasteiger charge is 2.57. The van der Waals surface area contributed by atoms with Gasteiger partial charge < -0.3 is 25.2 Å². The number of aliphatic hydroxyl groups excluding tert-OH is 1. The van der Waals surface area contributed by atoms with Crippen LogP contribution in [0.2, 0.25) is 0 Å². The molecule has 3 atom stereocenters. The quantitative estimate of drug-likeness (QED) is 0.294. The molecule has 1 aromatic rings. The predicted molar refractivity (Wildman–Crippen MR) is 116 cm³/mol. The van der Waals surface area contributed by atoms with Gasteiger partial charge in [-0.3, -0.25) is 9.59 Å². The van der Waals surface area contributed by atoms with Gasteiger partial charge in [0.1, 0.15) is 10.7 Å². The highest BCUT2D eigenvalue weighted by Crippen LogP contribution is 2.47. The number of thiocarbonyl (C=S) groups is 1. The first-order valence-electron chi connectivity index (χ1n) is 9.92. The van der Waals surface area contributed by atoms with Crippen LogP contribution in [0, 0.1) is 11.3 Å². The first kappa shape index (κ1) is 22.9. The number of carbonyl (C=O) groups excluding carboxylic acids is 3. The van der Waals surface area contributed by atoms with E-state index in [1.54, 1.807) is 52.0 Å². The summed E-state index contributed by atoms with van der Waals surface area (Å²) in [5.41, 5.74) is 6.96. The van der Waals surface area contributed by atoms with Gasteiger partial charge in [0.15, 0.2) is 0 Å². The Bertz CT molecular complexity index is 978. The fraction of sp³-hybridized carbons (Fsp3) is 0.455. The largest absolute Gasteiger partial charge is 0.427 e. The third-order valence-electron chi connectivity index (χ3n) is 5.41. The summed E-state index contributed by atoms with van der Waals surface area (Å²) in [5.74, 6) is -2.24. The molecule has 3 unspecified atom stereocenters. The second-order valence-electron chi connectivity index (χ2n) is 8.75. The van der Waals surface area contributed by atoms with E-state index in [-0.39, 0.29) is 22.6 Å². The minimum Gasteiger partial charge on any atom is -0.427 e. The SMILES string of the molecule is CC(O)C1C(=O)N2C(C(=O)OCOC(=O)C(C)(C)C)=C(c3cccc(C(N)=S)c3)CC12. The first-order valence-corrected chi connectivity index (χ1v) is 10.3. The number of nitrogens with two attached hydrogens (primary N) is 1. The van der Waals surface area contributed by atoms with E-state index < -0.39 is 36.2 Å². The van der Waals surface area contributed by atoms with Gasteiger partial charge in [0.05, 0.1) is 23.5 Å². The van der Waals surface area contributed by atoms with E-state index >= 15 is 0 Å². The molecule has 9 heteroatoms. The minimum absolute atomic E-state index is 0.0822. The number of fused-ring (bicyclic) bond motifs is 1. The lowest BCUT2D eigenvalue weighted by Gasteiger charge is -2.44. The van der Waals surface area contributed by atoms with Gasteiger partial charge >= 0.3 is 11.9 Å². The highest BCUT2D eigenvalue weighted by molar-refractivity contribution is 7.80. The van der Waals surface area contributed by atoms with Crippen molar-refractivity contribution < 1.29 is 29.0 Å². The van der Waals surface area contributed by atoms with Crippen LogP contribution in [0.25, 0.3) is 5.57 Å². The predicted octanol–water partition coefficient (Wildman–Crippen LogP) is 1.73. The average molecular weight is 447 g/mol. The summed E-state index contributed by atoms with van der Waals surface area (Å²) in [6, 6.07) is 6.70. The average Bonchev–Trinajstić information content (AvgIpc) is 3.01. The van der Waals surface area contributed by atoms with Crippen LogP contribution < -0.4 is 5.73 Å². The van der Waals surface area contributed by atoms with Crippen LogP contribution in [0.5, 0.6) is 0 Å². The normalized spacial score (nSPS) is 21.3. The zero-order chi connectivity index (χ0) is 23.1. The van der Waals surface area contributed by atoms with Gasteiger partial charge in [0.25, 0.3) is 0 Å². The molecule has 3 rings (SSSR count). The van der Waals surface area contributed by atoms with Crippen LogP contribution in [0.3, 0.4) is 0 Å². The maximum Gasteiger partial charge on any atom is 0.358 e. The molecule has 0 aromatic heterocycles. The van der Waals surface area contributed by atoms with Gasteiger partial charge in [-0.15, -0.1) is 0 Å². The fourth-order valence-electron chi connectivity index (χ4n) is 3.80. The molecule has 0 radical (unpaired) electrons. The van der Waals surface area contributed by atoms with Crippen molar-refractivity contribution >= 4 is 40.6 Å². The van der Waals surface area contributed by atoms with Crippen molar-refractivity contribution in [1.29, 1.82) is 0 Å². The van der Waals surface area contributed by atoms with E-state index in [1.165, 1.54) is 4.90 Å². The van der Waals surface area contributed by atoms with Crippen molar-refractivity contribution in [2.75, 3.05) is 6.79 Å². The Morgan fingerprint density at radius 2 is 2.00 bits per heavy atom. The van der Waals surface area contributed by atoms with E-state index in [0.29, 0.717) is 23.1 Å². The molecule has 0 spiro atoms. The summed E-state index contributed by atoms with van der Waals surface area (Å²) in [5, 5.41) is 9.99. The number of amides is 1. The van der Waals surface area contributed by atoms with Gasteiger partial charge in [-0.1, -0.05) is 30.4 Å². The van der Waals surface area contributed by atoms with Crippen molar-refractivity contribution in [2.45, 2.75) is 46.3 Å². The molecule has 31 heavy (non-hydrogen) atoms. The van der Waals surface area contributed by atoms with Gasteiger partial charge in [-0.2, -0.15) is 0 Å². The molecule has 2 heterocycles. The summed E-state index contributed by atoms with van der Waals surface area (Å²) in [6.07, 6.45) is -0.477. The number of carbonyl (C=O) groups is 3. The second kappa shape index (κ2) is 8.39. The number of rotatable bonds is 6. The third-order valence-corrected chi connectivity index (χ3v) is 5.65. The number of hydrogen-bond acceptors (Lipinski definition) is 7. The van der Waals surface area contributed by atoms with Gasteiger partial charge in [-0.25, -0.2) is 4.79 Å². The Labute approximate surface area is 186 Å². The van der Waals surface area contributed by atoms with Crippen molar-refractivity contribution in [3.8, 4) is 0 Å². The smallest absolute Gasteiger partial charge is 0.358 e. The maximum absolute atomic E-state index is 12.9. The van der Waals surface area contributed by atoms with Crippen LogP contribution in [0.15, 0.2) is 30.0 Å². The number of hydrogen-bond donors (Lipinski definition) is 2. The molecule has 0 aliphatic carbocycles. The number of ether oxygens (including phenoxy) is 2. The molecule has 2 aliphatic rings. The molecule has 3 N–H and O–H groups in total. The Kier molecular flexibility index (Phi) is 6.20. The lowest BCUT2D eigenvalue weighted by Crippen LogP contribution is -2.61. The standard InChI is InChI=1S/C22H26N2O6S/c1-11(25)16-15-9-14(12-6-5-7-13(8-12)18(23)31)17(24(15)19(16)26)20(27)29-10-30-21(28)22(2,3)4/h5-8,11,15-16,25H,9-10H2,1-4H3,(H2,23,31). The summed E-state index contributed by atoms with van der Waals surface area (Å²) >= 11 is 5.04. The van der Waals surface area contributed by atoms with Crippen LogP contribution in [0.4, 0.5) is 0 Å². The van der Waals surface area contributed by atoms with Crippen molar-refractivity contribution in [2.24, 2.45) is 17.1 Å². The van der Waals surface area contributed by atoms with Crippen LogP contribution >= 0.6 is 12.2 Å². The number of aliphatic hydroxyl groups is 1. The summed E-state index contributed by atoms with van der Waals surface area (Å²) < 4.78 is 10.2. The number of esters is 2. The lowest BCUT2D eigenvalue weighted by atomic mass is 9.82. The molecule has 0 saturated carbocycles. The summed E-state index contributed by atoms with van der Waals surface area (Å²) in [6.45, 7) is 6.04. The molecule has 1 aromatic carbocycles. The minimum atomic E-state index is -0.846. The zero-order valence-electron chi connectivity index (χ0n) is 17.9. The molecular formula is C22H26N2O6S. The number of β-lactam (4-membered cyclic amide) rings is 1. The van der Waals surface area contributed by atoms with E-state index in [0.717, 1.165) is 0 Å². The van der Waals surface area contributed by atoms with Crippen LogP contribution in [-0.2, 0) is 23.9 Å². The summed E-state index contributed by atoms with van der Waals surface area (Å²) in [4.78, 5) is 39.0. The number of nitrogens with zero attached hydrogens (tertiary/aromatic N) is 1. The topological polar surface area (TPSA) is 119 Å². The van der Waals surface area contributed by atoms with E-state index in [2.05, 4.69) is 0 Å². The van der Waals surface area contributed by atoms with E-state index in [1.807, 2.05) is 0 Å². The Balaban J connectivity index is 1.90. The van der Waals surface area contributed by atoms with Crippen molar-refractivity contribution in [3.05, 3.63) is 41.1 Å². The second-order valence-corrected chi connectivity index (χ2v) is 9.19. The molecule has 1 saturated heterocycles. The zero-order valence-corrected chi connectivity index (χ0v) is 18.7. The van der Waals surface area contributed by atoms with E-state index in [4.69, 9.17) is 27.4 Å². The lowest BCUT2D eigenvalue weighted by molar-refractivity contribution is -0.175. The van der Waals surface area contributed by atoms with Gasteiger partial charge in [0, 0.05) is 5.56 Å². The molecule has 166 valence electrons. The van der Waals surface area contributed by atoms with Crippen LogP contribution in [-0.4, -0.2) is 51.8 Å². The Morgan fingerprint density at radius 1 is 1.32 bits per heavy atom. The molecular weight excluding hydrogens is 420 g/mol. The van der Waals surface area contributed by atoms with E-state index in [9.17, 15) is 19.5 Å².